The molecule has 1 fully saturated rings. The van der Waals surface area contributed by atoms with Gasteiger partial charge in [0.15, 0.2) is 15.8 Å². The van der Waals surface area contributed by atoms with E-state index in [9.17, 15) is 8.42 Å². The fourth-order valence-corrected chi connectivity index (χ4v) is 4.88. The molecule has 1 aliphatic rings. The van der Waals surface area contributed by atoms with Gasteiger partial charge in [-0.3, -0.25) is 4.99 Å². The summed E-state index contributed by atoms with van der Waals surface area (Å²) in [5, 5.41) is 7.47. The smallest absolute Gasteiger partial charge is 0.191 e. The molecule has 0 heterocycles. The maximum absolute atomic E-state index is 12.2. The normalized spacial score (nSPS) is 23.1. The first-order valence-electron chi connectivity index (χ1n) is 9.08. The van der Waals surface area contributed by atoms with Crippen molar-refractivity contribution in [1.82, 2.24) is 10.6 Å². The van der Waals surface area contributed by atoms with Crippen LogP contribution in [-0.4, -0.2) is 55.0 Å². The largest absolute Gasteiger partial charge is 0.357 e. The number of nitrogens with one attached hydrogen (secondary N) is 2. The molecule has 142 valence electrons. The summed E-state index contributed by atoms with van der Waals surface area (Å²) in [6, 6.07) is 0.430. The monoisotopic (exact) mass is 377 g/mol. The third kappa shape index (κ3) is 7.21. The van der Waals surface area contributed by atoms with Crippen LogP contribution in [0.2, 0.25) is 0 Å². The van der Waals surface area contributed by atoms with Gasteiger partial charge in [0.25, 0.3) is 0 Å². The summed E-state index contributed by atoms with van der Waals surface area (Å²) in [5.41, 5.74) is 0. The van der Waals surface area contributed by atoms with E-state index in [2.05, 4.69) is 22.5 Å². The first-order valence-corrected chi connectivity index (χ1v) is 11.8. The Bertz CT molecular complexity index is 496. The van der Waals surface area contributed by atoms with Crippen LogP contribution in [0.3, 0.4) is 0 Å². The SMILES string of the molecule is CCNC(=NCCS(=O)(=O)C(C)(C)C)NC1CCCC(SCC)C1. The van der Waals surface area contributed by atoms with Crippen LogP contribution >= 0.6 is 11.8 Å². The highest BCUT2D eigenvalue weighted by atomic mass is 32.2. The van der Waals surface area contributed by atoms with Crippen molar-refractivity contribution in [1.29, 1.82) is 0 Å². The molecule has 0 bridgehead atoms. The summed E-state index contributed by atoms with van der Waals surface area (Å²) in [5.74, 6) is 2.00. The van der Waals surface area contributed by atoms with Crippen molar-refractivity contribution in [3.63, 3.8) is 0 Å². The zero-order valence-corrected chi connectivity index (χ0v) is 17.5. The van der Waals surface area contributed by atoms with Gasteiger partial charge in [0.2, 0.25) is 0 Å². The molecule has 0 aromatic rings. The number of sulfone groups is 1. The Kier molecular flexibility index (Phi) is 8.91. The molecule has 1 rings (SSSR count). The Morgan fingerprint density at radius 2 is 1.96 bits per heavy atom. The minimum absolute atomic E-state index is 0.0893. The van der Waals surface area contributed by atoms with Gasteiger partial charge in [0, 0.05) is 17.8 Å². The number of rotatable bonds is 7. The molecule has 2 unspecified atom stereocenters. The molecule has 0 radical (unpaired) electrons. The van der Waals surface area contributed by atoms with Crippen LogP contribution in [0.1, 0.15) is 60.3 Å². The van der Waals surface area contributed by atoms with Gasteiger partial charge in [0.05, 0.1) is 17.0 Å². The van der Waals surface area contributed by atoms with Gasteiger partial charge in [-0.15, -0.1) is 0 Å². The van der Waals surface area contributed by atoms with Crippen LogP contribution < -0.4 is 10.6 Å². The molecule has 2 N–H and O–H groups in total. The summed E-state index contributed by atoms with van der Waals surface area (Å²) < 4.78 is 23.6. The fourth-order valence-electron chi connectivity index (χ4n) is 2.76. The predicted molar refractivity (Wildman–Crippen MR) is 107 cm³/mol. The molecule has 1 aliphatic carbocycles. The molecule has 0 amide bonds. The minimum atomic E-state index is -3.12. The van der Waals surface area contributed by atoms with E-state index >= 15 is 0 Å². The minimum Gasteiger partial charge on any atom is -0.357 e. The molecule has 0 saturated heterocycles. The molecule has 1 saturated carbocycles. The van der Waals surface area contributed by atoms with Crippen LogP contribution in [-0.2, 0) is 9.84 Å². The second kappa shape index (κ2) is 9.90. The Labute approximate surface area is 152 Å². The molecule has 5 nitrogen and oxygen atoms in total. The lowest BCUT2D eigenvalue weighted by Crippen LogP contribution is -2.46. The zero-order valence-electron chi connectivity index (χ0n) is 15.9. The molecular weight excluding hydrogens is 342 g/mol. The van der Waals surface area contributed by atoms with Gasteiger partial charge >= 0.3 is 0 Å². The molecule has 2 atom stereocenters. The number of thioether (sulfide) groups is 1. The molecule has 0 aromatic carbocycles. The maximum atomic E-state index is 12.2. The molecule has 0 spiro atoms. The highest BCUT2D eigenvalue weighted by Crippen LogP contribution is 2.28. The molecule has 0 aromatic heterocycles. The second-order valence-electron chi connectivity index (χ2n) is 7.28. The zero-order chi connectivity index (χ0) is 18.2. The predicted octanol–water partition coefficient (Wildman–Crippen LogP) is 2.82. The number of hydrogen-bond acceptors (Lipinski definition) is 4. The van der Waals surface area contributed by atoms with E-state index < -0.39 is 14.6 Å². The van der Waals surface area contributed by atoms with Crippen LogP contribution in [0.4, 0.5) is 0 Å². The highest BCUT2D eigenvalue weighted by molar-refractivity contribution is 7.99. The maximum Gasteiger partial charge on any atom is 0.191 e. The second-order valence-corrected chi connectivity index (χ2v) is 11.7. The van der Waals surface area contributed by atoms with Gasteiger partial charge < -0.3 is 10.6 Å². The van der Waals surface area contributed by atoms with Crippen molar-refractivity contribution in [2.45, 2.75) is 76.3 Å². The lowest BCUT2D eigenvalue weighted by molar-refractivity contribution is 0.419. The van der Waals surface area contributed by atoms with Crippen molar-refractivity contribution in [2.24, 2.45) is 4.99 Å². The number of hydrogen-bond donors (Lipinski definition) is 2. The van der Waals surface area contributed by atoms with Crippen LogP contribution in [0.5, 0.6) is 0 Å². The van der Waals surface area contributed by atoms with Crippen LogP contribution in [0.15, 0.2) is 4.99 Å². The summed E-state index contributed by atoms with van der Waals surface area (Å²) in [6.45, 7) is 10.5. The Balaban J connectivity index is 2.59. The molecular formula is C17H35N3O2S2. The molecule has 24 heavy (non-hydrogen) atoms. The quantitative estimate of drug-likeness (QED) is 0.527. The van der Waals surface area contributed by atoms with Gasteiger partial charge in [-0.1, -0.05) is 13.3 Å². The molecule has 0 aliphatic heterocycles. The third-order valence-electron chi connectivity index (χ3n) is 4.28. The summed E-state index contributed by atoms with van der Waals surface area (Å²) >= 11 is 2.04. The highest BCUT2D eigenvalue weighted by Gasteiger charge is 2.28. The van der Waals surface area contributed by atoms with Gasteiger partial charge in [-0.05, 0) is 52.7 Å². The van der Waals surface area contributed by atoms with Gasteiger partial charge in [0.1, 0.15) is 0 Å². The van der Waals surface area contributed by atoms with Crippen molar-refractivity contribution in [2.75, 3.05) is 24.6 Å². The van der Waals surface area contributed by atoms with E-state index in [1.165, 1.54) is 12.8 Å². The van der Waals surface area contributed by atoms with Crippen molar-refractivity contribution >= 4 is 27.6 Å². The number of nitrogens with zero attached hydrogens (tertiary/aromatic N) is 1. The van der Waals surface area contributed by atoms with E-state index in [0.717, 1.165) is 36.3 Å². The first-order chi connectivity index (χ1) is 11.2. The summed E-state index contributed by atoms with van der Waals surface area (Å²) in [7, 11) is -3.12. The van der Waals surface area contributed by atoms with Gasteiger partial charge in [-0.2, -0.15) is 11.8 Å². The standard InChI is InChI=1S/C17H35N3O2S2/c1-6-18-16(19-11-12-24(21,22)17(3,4)5)20-14-9-8-10-15(13-14)23-7-2/h14-15H,6-13H2,1-5H3,(H2,18,19,20). The number of guanidine groups is 1. The Morgan fingerprint density at radius 3 is 2.54 bits per heavy atom. The lowest BCUT2D eigenvalue weighted by Gasteiger charge is -2.30. The Morgan fingerprint density at radius 1 is 1.25 bits per heavy atom. The summed E-state index contributed by atoms with van der Waals surface area (Å²) in [6.07, 6.45) is 4.86. The van der Waals surface area contributed by atoms with Gasteiger partial charge in [-0.25, -0.2) is 8.42 Å². The average molecular weight is 378 g/mol. The van der Waals surface area contributed by atoms with Crippen LogP contribution in [0, 0.1) is 0 Å². The fraction of sp³-hybridized carbons (Fsp3) is 0.941. The first kappa shape index (κ1) is 21.6. The van der Waals surface area contributed by atoms with Crippen molar-refractivity contribution in [3.05, 3.63) is 0 Å². The van der Waals surface area contributed by atoms with E-state index in [-0.39, 0.29) is 5.75 Å². The van der Waals surface area contributed by atoms with E-state index in [0.29, 0.717) is 12.6 Å². The lowest BCUT2D eigenvalue weighted by atomic mass is 9.95. The topological polar surface area (TPSA) is 70.6 Å². The number of aliphatic imine (C=N–C) groups is 1. The van der Waals surface area contributed by atoms with E-state index in [4.69, 9.17) is 0 Å². The average Bonchev–Trinajstić information content (AvgIpc) is 2.47. The van der Waals surface area contributed by atoms with Crippen molar-refractivity contribution in [3.8, 4) is 0 Å². The Hall–Kier alpha value is -0.430. The van der Waals surface area contributed by atoms with E-state index in [1.54, 1.807) is 20.8 Å². The van der Waals surface area contributed by atoms with Crippen molar-refractivity contribution < 1.29 is 8.42 Å². The molecule has 7 heteroatoms. The van der Waals surface area contributed by atoms with Crippen LogP contribution in [0.25, 0.3) is 0 Å². The summed E-state index contributed by atoms with van der Waals surface area (Å²) in [4.78, 5) is 4.49. The third-order valence-corrected chi connectivity index (χ3v) is 8.10. The van der Waals surface area contributed by atoms with E-state index in [1.807, 2.05) is 18.7 Å².